The molecule has 3 aromatic rings. The van der Waals surface area contributed by atoms with E-state index in [4.69, 9.17) is 16.1 Å². The Morgan fingerprint density at radius 2 is 1.85 bits per heavy atom. The zero-order valence-electron chi connectivity index (χ0n) is 14.7. The van der Waals surface area contributed by atoms with Crippen LogP contribution >= 0.6 is 11.6 Å². The Hall–Kier alpha value is -2.21. The maximum absolute atomic E-state index is 5.94. The van der Waals surface area contributed by atoms with Crippen LogP contribution < -0.4 is 0 Å². The summed E-state index contributed by atoms with van der Waals surface area (Å²) in [6.45, 7) is 3.63. The summed E-state index contributed by atoms with van der Waals surface area (Å²) in [4.78, 5) is 9.35. The van der Waals surface area contributed by atoms with Crippen molar-refractivity contribution in [2.45, 2.75) is 12.6 Å². The highest BCUT2D eigenvalue weighted by molar-refractivity contribution is 6.30. The van der Waals surface area contributed by atoms with Gasteiger partial charge in [0.05, 0.1) is 6.54 Å². The van der Waals surface area contributed by atoms with Gasteiger partial charge in [0.2, 0.25) is 11.7 Å². The van der Waals surface area contributed by atoms with E-state index in [2.05, 4.69) is 57.3 Å². The van der Waals surface area contributed by atoms with E-state index in [0.29, 0.717) is 29.3 Å². The van der Waals surface area contributed by atoms with Crippen molar-refractivity contribution >= 4 is 11.6 Å². The van der Waals surface area contributed by atoms with Gasteiger partial charge >= 0.3 is 0 Å². The lowest BCUT2D eigenvalue weighted by Crippen LogP contribution is -2.46. The Morgan fingerprint density at radius 3 is 2.62 bits per heavy atom. The third-order valence-electron chi connectivity index (χ3n) is 4.79. The average Bonchev–Trinajstić information content (AvgIpc) is 3.13. The number of halogens is 1. The quantitative estimate of drug-likeness (QED) is 0.699. The topological polar surface area (TPSA) is 45.4 Å². The fourth-order valence-corrected chi connectivity index (χ4v) is 3.47. The molecule has 0 saturated carbocycles. The molecule has 5 nitrogen and oxygen atoms in total. The molecule has 1 fully saturated rings. The van der Waals surface area contributed by atoms with E-state index in [1.165, 1.54) is 5.56 Å². The summed E-state index contributed by atoms with van der Waals surface area (Å²) in [6.07, 6.45) is 0. The van der Waals surface area contributed by atoms with Crippen LogP contribution in [0.4, 0.5) is 0 Å². The molecule has 4 rings (SSSR count). The summed E-state index contributed by atoms with van der Waals surface area (Å²) in [5, 5.41) is 4.82. The van der Waals surface area contributed by atoms with Crippen molar-refractivity contribution in [1.29, 1.82) is 0 Å². The maximum Gasteiger partial charge on any atom is 0.241 e. The van der Waals surface area contributed by atoms with E-state index in [9.17, 15) is 0 Å². The smallest absolute Gasteiger partial charge is 0.241 e. The van der Waals surface area contributed by atoms with Gasteiger partial charge in [0, 0.05) is 36.3 Å². The number of aromatic nitrogens is 2. The number of hydrogen-bond donors (Lipinski definition) is 0. The molecule has 0 spiro atoms. The predicted octanol–water partition coefficient (Wildman–Crippen LogP) is 3.88. The molecule has 1 unspecified atom stereocenters. The highest BCUT2D eigenvalue weighted by Crippen LogP contribution is 2.27. The molecular formula is C20H21ClN4O. The van der Waals surface area contributed by atoms with Crippen LogP contribution in [0.3, 0.4) is 0 Å². The molecule has 0 radical (unpaired) electrons. The molecule has 0 amide bonds. The molecule has 134 valence electrons. The summed E-state index contributed by atoms with van der Waals surface area (Å²) in [5.74, 6) is 1.24. The summed E-state index contributed by atoms with van der Waals surface area (Å²) in [6, 6.07) is 18.4. The number of hydrogen-bond acceptors (Lipinski definition) is 5. The van der Waals surface area contributed by atoms with Gasteiger partial charge in [-0.2, -0.15) is 4.98 Å². The van der Waals surface area contributed by atoms with Gasteiger partial charge in [-0.05, 0) is 36.9 Å². The Balaban J connectivity index is 1.53. The first-order valence-electron chi connectivity index (χ1n) is 8.75. The second-order valence-electron chi connectivity index (χ2n) is 6.68. The molecule has 0 N–H and O–H groups in total. The summed E-state index contributed by atoms with van der Waals surface area (Å²) >= 11 is 5.94. The van der Waals surface area contributed by atoms with Gasteiger partial charge in [0.15, 0.2) is 0 Å². The minimum absolute atomic E-state index is 0.320. The van der Waals surface area contributed by atoms with Gasteiger partial charge in [0.1, 0.15) is 0 Å². The fraction of sp³-hybridized carbons (Fsp3) is 0.300. The highest BCUT2D eigenvalue weighted by atomic mass is 35.5. The van der Waals surface area contributed by atoms with Gasteiger partial charge in [-0.1, -0.05) is 47.1 Å². The third-order valence-corrected chi connectivity index (χ3v) is 5.04. The monoisotopic (exact) mass is 368 g/mol. The van der Waals surface area contributed by atoms with Crippen LogP contribution in [-0.2, 0) is 6.54 Å². The van der Waals surface area contributed by atoms with E-state index in [1.807, 2.05) is 24.3 Å². The number of rotatable bonds is 4. The van der Waals surface area contributed by atoms with Gasteiger partial charge in [-0.3, -0.25) is 4.90 Å². The number of nitrogens with zero attached hydrogens (tertiary/aromatic N) is 4. The molecule has 2 aromatic carbocycles. The molecule has 1 aliphatic rings. The van der Waals surface area contributed by atoms with E-state index in [1.54, 1.807) is 0 Å². The lowest BCUT2D eigenvalue weighted by Gasteiger charge is -2.39. The normalized spacial score (nSPS) is 18.9. The highest BCUT2D eigenvalue weighted by Gasteiger charge is 2.28. The Labute approximate surface area is 158 Å². The van der Waals surface area contributed by atoms with Crippen LogP contribution in [-0.4, -0.2) is 46.6 Å². The fourth-order valence-electron chi connectivity index (χ4n) is 3.35. The summed E-state index contributed by atoms with van der Waals surface area (Å²) in [7, 11) is 2.17. The standard InChI is InChI=1S/C20H21ClN4O/c1-24-11-12-25(18(13-24)15-5-3-2-4-6-15)14-19-22-20(23-26-19)16-7-9-17(21)10-8-16/h2-10,18H,11-14H2,1H3. The molecule has 0 aliphatic carbocycles. The zero-order chi connectivity index (χ0) is 17.9. The molecule has 1 aromatic heterocycles. The lowest BCUT2D eigenvalue weighted by atomic mass is 10.0. The molecule has 1 saturated heterocycles. The molecule has 0 bridgehead atoms. The van der Waals surface area contributed by atoms with E-state index >= 15 is 0 Å². The van der Waals surface area contributed by atoms with E-state index in [0.717, 1.165) is 25.2 Å². The SMILES string of the molecule is CN1CCN(Cc2nc(-c3ccc(Cl)cc3)no2)C(c2ccccc2)C1. The third kappa shape index (κ3) is 3.80. The largest absolute Gasteiger partial charge is 0.338 e. The predicted molar refractivity (Wildman–Crippen MR) is 102 cm³/mol. The van der Waals surface area contributed by atoms with Crippen molar-refractivity contribution in [2.75, 3.05) is 26.7 Å². The van der Waals surface area contributed by atoms with Crippen molar-refractivity contribution in [2.24, 2.45) is 0 Å². The van der Waals surface area contributed by atoms with Crippen molar-refractivity contribution in [3.63, 3.8) is 0 Å². The van der Waals surface area contributed by atoms with Crippen LogP contribution in [0.15, 0.2) is 59.1 Å². The number of piperazine rings is 1. The number of likely N-dealkylation sites (N-methyl/N-ethyl adjacent to an activating group) is 1. The van der Waals surface area contributed by atoms with Crippen LogP contribution in [0, 0.1) is 0 Å². The second-order valence-corrected chi connectivity index (χ2v) is 7.11. The Bertz CT molecular complexity index is 850. The minimum Gasteiger partial charge on any atom is -0.338 e. The van der Waals surface area contributed by atoms with Crippen LogP contribution in [0.5, 0.6) is 0 Å². The second kappa shape index (κ2) is 7.58. The molecule has 1 atom stereocenters. The zero-order valence-corrected chi connectivity index (χ0v) is 15.4. The van der Waals surface area contributed by atoms with E-state index < -0.39 is 0 Å². The molecule has 2 heterocycles. The molecule has 26 heavy (non-hydrogen) atoms. The first-order valence-corrected chi connectivity index (χ1v) is 9.13. The van der Waals surface area contributed by atoms with Gasteiger partial charge < -0.3 is 9.42 Å². The minimum atomic E-state index is 0.320. The molecule has 6 heteroatoms. The van der Waals surface area contributed by atoms with Gasteiger partial charge in [-0.15, -0.1) is 0 Å². The van der Waals surface area contributed by atoms with Crippen LogP contribution in [0.2, 0.25) is 5.02 Å². The van der Waals surface area contributed by atoms with Crippen molar-refractivity contribution in [1.82, 2.24) is 19.9 Å². The Kier molecular flexibility index (Phi) is 5.02. The first-order chi connectivity index (χ1) is 12.7. The summed E-state index contributed by atoms with van der Waals surface area (Å²) in [5.41, 5.74) is 2.22. The van der Waals surface area contributed by atoms with Crippen molar-refractivity contribution in [3.05, 3.63) is 71.1 Å². The van der Waals surface area contributed by atoms with Crippen LogP contribution in [0.25, 0.3) is 11.4 Å². The van der Waals surface area contributed by atoms with E-state index in [-0.39, 0.29) is 0 Å². The Morgan fingerprint density at radius 1 is 1.08 bits per heavy atom. The van der Waals surface area contributed by atoms with Gasteiger partial charge in [-0.25, -0.2) is 0 Å². The number of benzene rings is 2. The lowest BCUT2D eigenvalue weighted by molar-refractivity contribution is 0.0737. The maximum atomic E-state index is 5.94. The molecule has 1 aliphatic heterocycles. The molecular weight excluding hydrogens is 348 g/mol. The average molecular weight is 369 g/mol. The van der Waals surface area contributed by atoms with Crippen molar-refractivity contribution in [3.8, 4) is 11.4 Å². The summed E-state index contributed by atoms with van der Waals surface area (Å²) < 4.78 is 5.51. The first kappa shape index (κ1) is 17.2. The van der Waals surface area contributed by atoms with Gasteiger partial charge in [0.25, 0.3) is 0 Å². The van der Waals surface area contributed by atoms with Crippen molar-refractivity contribution < 1.29 is 4.52 Å². The van der Waals surface area contributed by atoms with Crippen LogP contribution in [0.1, 0.15) is 17.5 Å².